The van der Waals surface area contributed by atoms with Crippen molar-refractivity contribution < 1.29 is 71.9 Å². The summed E-state index contributed by atoms with van der Waals surface area (Å²) in [7, 11) is 0. The van der Waals surface area contributed by atoms with Crippen LogP contribution in [-0.4, -0.2) is 29.8 Å². The molecular weight excluding hydrogens is 1210 g/mol. The van der Waals surface area contributed by atoms with Gasteiger partial charge in [-0.1, -0.05) is 420 Å². The standard InChI is InChI=1S/5C16H32O2.Nb/c5*1-2-3-4-5-6-7-8-9-10-11-12-13-14-15-16(17)18;/h5*2-15H2,1H3,(H,17,18);/q;;;;;+5/p-5. The van der Waals surface area contributed by atoms with Gasteiger partial charge >= 0.3 is 22.4 Å². The molecule has 10 nitrogen and oxygen atoms in total. The Bertz CT molecular complexity index is 1130. The Morgan fingerprint density at radius 3 is 0.275 bits per heavy atom. The molecule has 0 rings (SSSR count). The predicted molar refractivity (Wildman–Crippen MR) is 377 cm³/mol. The molecule has 11 heteroatoms. The van der Waals surface area contributed by atoms with Crippen LogP contribution in [0.3, 0.4) is 0 Å². The third-order valence-corrected chi connectivity index (χ3v) is 17.4. The van der Waals surface area contributed by atoms with E-state index in [0.29, 0.717) is 0 Å². The fourth-order valence-electron chi connectivity index (χ4n) is 11.4. The molecule has 0 aromatic rings. The summed E-state index contributed by atoms with van der Waals surface area (Å²) >= 11 is 0. The first-order valence-electron chi connectivity index (χ1n) is 39.8. The number of carbonyl (C=O) groups excluding carboxylic acids is 5. The monoisotopic (exact) mass is 1370 g/mol. The van der Waals surface area contributed by atoms with Gasteiger partial charge in [-0.25, -0.2) is 0 Å². The molecule has 0 aromatic heterocycles. The zero-order valence-electron chi connectivity index (χ0n) is 61.5. The molecule has 0 N–H and O–H groups in total. The normalized spacial score (nSPS) is 10.6. The molecule has 0 amide bonds. The number of carbonyl (C=O) groups is 5. The summed E-state index contributed by atoms with van der Waals surface area (Å²) in [5.41, 5.74) is 0. The number of aliphatic carboxylic acids is 5. The minimum atomic E-state index is -0.905. The average Bonchev–Trinajstić information content (AvgIpc) is 3.51. The molecule has 0 unspecified atom stereocenters. The maximum absolute atomic E-state index is 10.2. The smallest absolute Gasteiger partial charge is 0.550 e. The zero-order chi connectivity index (χ0) is 67.4. The van der Waals surface area contributed by atoms with Gasteiger partial charge in [-0.2, -0.15) is 0 Å². The van der Waals surface area contributed by atoms with E-state index in [9.17, 15) is 49.5 Å². The largest absolute Gasteiger partial charge is 5.00 e. The van der Waals surface area contributed by atoms with Gasteiger partial charge < -0.3 is 49.5 Å². The van der Waals surface area contributed by atoms with E-state index in [2.05, 4.69) is 34.6 Å². The van der Waals surface area contributed by atoms with Crippen LogP contribution >= 0.6 is 0 Å². The first-order chi connectivity index (χ1) is 43.9. The van der Waals surface area contributed by atoms with Crippen LogP contribution in [0.15, 0.2) is 0 Å². The number of rotatable bonds is 70. The third-order valence-electron chi connectivity index (χ3n) is 17.4. The van der Waals surface area contributed by atoms with Crippen LogP contribution in [0.4, 0.5) is 0 Å². The summed E-state index contributed by atoms with van der Waals surface area (Å²) in [6.45, 7) is 11.3. The fraction of sp³-hybridized carbons (Fsp3) is 0.938. The first-order valence-corrected chi connectivity index (χ1v) is 39.8. The Hall–Kier alpha value is -1.91. The Morgan fingerprint density at radius 2 is 0.209 bits per heavy atom. The number of hydrogen-bond donors (Lipinski definition) is 0. The first kappa shape index (κ1) is 100. The van der Waals surface area contributed by atoms with Crippen molar-refractivity contribution in [1.82, 2.24) is 0 Å². The molecule has 0 heterocycles. The van der Waals surface area contributed by atoms with E-state index < -0.39 is 29.8 Å². The van der Waals surface area contributed by atoms with Crippen LogP contribution in [0.5, 0.6) is 0 Å². The van der Waals surface area contributed by atoms with Gasteiger partial charge in [0.15, 0.2) is 0 Å². The van der Waals surface area contributed by atoms with Crippen molar-refractivity contribution in [3.8, 4) is 0 Å². The summed E-state index contributed by atoms with van der Waals surface area (Å²) in [5, 5.41) is 50.9. The quantitative estimate of drug-likeness (QED) is 0.0417. The second kappa shape index (κ2) is 96.8. The number of carboxylic acid groups (broad SMARTS) is 5. The summed E-state index contributed by atoms with van der Waals surface area (Å²) < 4.78 is 0. The van der Waals surface area contributed by atoms with Crippen molar-refractivity contribution in [2.45, 2.75) is 484 Å². The topological polar surface area (TPSA) is 201 Å². The van der Waals surface area contributed by atoms with Gasteiger partial charge in [0, 0.05) is 29.8 Å². The molecule has 91 heavy (non-hydrogen) atoms. The number of carboxylic acids is 5. The maximum Gasteiger partial charge on any atom is 5.00 e. The van der Waals surface area contributed by atoms with E-state index in [-0.39, 0.29) is 54.5 Å². The van der Waals surface area contributed by atoms with Crippen molar-refractivity contribution in [1.29, 1.82) is 0 Å². The average molecular weight is 1370 g/mol. The molecule has 0 bridgehead atoms. The molecule has 0 radical (unpaired) electrons. The summed E-state index contributed by atoms with van der Waals surface area (Å²) in [6, 6.07) is 0. The number of unbranched alkanes of at least 4 members (excludes halogenated alkanes) is 60. The molecule has 0 spiro atoms. The van der Waals surface area contributed by atoms with Crippen molar-refractivity contribution >= 4 is 29.8 Å². The molecule has 0 saturated heterocycles. The van der Waals surface area contributed by atoms with Crippen LogP contribution in [0.25, 0.3) is 0 Å². The van der Waals surface area contributed by atoms with Crippen LogP contribution in [0.2, 0.25) is 0 Å². The molecular formula is C80H155NbO10. The van der Waals surface area contributed by atoms with Crippen LogP contribution in [0.1, 0.15) is 484 Å². The molecule has 0 saturated carbocycles. The van der Waals surface area contributed by atoms with Crippen molar-refractivity contribution in [2.24, 2.45) is 0 Å². The molecule has 0 atom stereocenters. The van der Waals surface area contributed by atoms with Gasteiger partial charge in [-0.05, 0) is 64.2 Å². The SMILES string of the molecule is CCCCCCCCCCCCCCCC(=O)[O-].CCCCCCCCCCCCCCCC(=O)[O-].CCCCCCCCCCCCCCCC(=O)[O-].CCCCCCCCCCCCCCCC(=O)[O-].CCCCCCCCCCCCCCCC(=O)[O-].[Nb+5]. The van der Waals surface area contributed by atoms with Crippen molar-refractivity contribution in [3.63, 3.8) is 0 Å². The Labute approximate surface area is 582 Å². The second-order valence-electron chi connectivity index (χ2n) is 26.8. The second-order valence-corrected chi connectivity index (χ2v) is 26.8. The van der Waals surface area contributed by atoms with Gasteiger partial charge in [0.05, 0.1) is 0 Å². The Kier molecular flexibility index (Phi) is 106. The Balaban J connectivity index is -0.000000247. The minimum absolute atomic E-state index is 0. The number of hydrogen-bond acceptors (Lipinski definition) is 10. The van der Waals surface area contributed by atoms with Gasteiger partial charge in [0.1, 0.15) is 0 Å². The molecule has 0 fully saturated rings. The van der Waals surface area contributed by atoms with Crippen LogP contribution in [-0.2, 0) is 46.4 Å². The molecule has 0 aromatic carbocycles. The van der Waals surface area contributed by atoms with E-state index in [1.54, 1.807) is 0 Å². The maximum atomic E-state index is 10.2. The fourth-order valence-corrected chi connectivity index (χ4v) is 11.4. The predicted octanol–water partition coefficient (Wildman–Crippen LogP) is 21.1. The van der Waals surface area contributed by atoms with E-state index in [4.69, 9.17) is 0 Å². The van der Waals surface area contributed by atoms with E-state index in [1.165, 1.54) is 353 Å². The van der Waals surface area contributed by atoms with Crippen LogP contribution in [0, 0.1) is 0 Å². The summed E-state index contributed by atoms with van der Waals surface area (Å²) in [5.74, 6) is -4.52. The van der Waals surface area contributed by atoms with Crippen molar-refractivity contribution in [2.75, 3.05) is 0 Å². The summed E-state index contributed by atoms with van der Waals surface area (Å²) in [6.07, 6.45) is 84.7. The van der Waals surface area contributed by atoms with Gasteiger partial charge in [-0.3, -0.25) is 0 Å². The minimum Gasteiger partial charge on any atom is -0.550 e. The molecule has 540 valence electrons. The molecule has 0 aliphatic carbocycles. The van der Waals surface area contributed by atoms with Gasteiger partial charge in [0.2, 0.25) is 0 Å². The van der Waals surface area contributed by atoms with Crippen LogP contribution < -0.4 is 25.5 Å². The molecule has 0 aliphatic rings. The molecule has 0 aliphatic heterocycles. The zero-order valence-corrected chi connectivity index (χ0v) is 63.7. The van der Waals surface area contributed by atoms with E-state index in [0.717, 1.165) is 64.2 Å². The third kappa shape index (κ3) is 122. The van der Waals surface area contributed by atoms with E-state index in [1.807, 2.05) is 0 Å². The van der Waals surface area contributed by atoms with Gasteiger partial charge in [-0.15, -0.1) is 0 Å². The van der Waals surface area contributed by atoms with E-state index >= 15 is 0 Å². The van der Waals surface area contributed by atoms with Crippen molar-refractivity contribution in [3.05, 3.63) is 0 Å². The Morgan fingerprint density at radius 1 is 0.143 bits per heavy atom. The summed E-state index contributed by atoms with van der Waals surface area (Å²) in [4.78, 5) is 50.9. The van der Waals surface area contributed by atoms with Gasteiger partial charge in [0.25, 0.3) is 0 Å².